The zero-order valence-corrected chi connectivity index (χ0v) is 21.8. The van der Waals surface area contributed by atoms with E-state index in [0.717, 1.165) is 89.0 Å². The number of rotatable bonds is 7. The van der Waals surface area contributed by atoms with Gasteiger partial charge in [-0.2, -0.15) is 0 Å². The van der Waals surface area contributed by atoms with Crippen LogP contribution in [0, 0.1) is 11.7 Å². The van der Waals surface area contributed by atoms with E-state index < -0.39 is 0 Å². The summed E-state index contributed by atoms with van der Waals surface area (Å²) in [5, 5.41) is 7.50. The largest absolute Gasteiger partial charge is 0.364 e. The van der Waals surface area contributed by atoms with Gasteiger partial charge in [0, 0.05) is 64.0 Å². The fraction of sp³-hybridized carbons (Fsp3) is 0.583. The number of likely N-dealkylation sites (tertiary alicyclic amines) is 1. The maximum absolute atomic E-state index is 13.9. The molecule has 4 rings (SSSR count). The summed E-state index contributed by atoms with van der Waals surface area (Å²) >= 11 is 0. The number of aliphatic imine (C=N–C) groups is 1. The van der Waals surface area contributed by atoms with E-state index >= 15 is 0 Å². The van der Waals surface area contributed by atoms with Gasteiger partial charge in [0.15, 0.2) is 5.96 Å². The van der Waals surface area contributed by atoms with Crippen LogP contribution >= 0.6 is 24.0 Å². The van der Waals surface area contributed by atoms with Gasteiger partial charge in [-0.1, -0.05) is 23.4 Å². The number of hydrogen-bond donors (Lipinski definition) is 1. The van der Waals surface area contributed by atoms with Crippen LogP contribution in [0.5, 0.6) is 0 Å². The van der Waals surface area contributed by atoms with Gasteiger partial charge < -0.3 is 14.7 Å². The van der Waals surface area contributed by atoms with Gasteiger partial charge in [0.25, 0.3) is 0 Å². The highest BCUT2D eigenvalue weighted by molar-refractivity contribution is 14.0. The molecule has 0 unspecified atom stereocenters. The van der Waals surface area contributed by atoms with Crippen LogP contribution in [-0.4, -0.2) is 78.2 Å². The lowest BCUT2D eigenvalue weighted by Gasteiger charge is -2.36. The Bertz CT molecular complexity index is 848. The smallest absolute Gasteiger partial charge is 0.194 e. The molecule has 7 nitrogen and oxygen atoms in total. The zero-order valence-electron chi connectivity index (χ0n) is 19.5. The molecule has 0 atom stereocenters. The molecular weight excluding hydrogens is 534 g/mol. The van der Waals surface area contributed by atoms with Gasteiger partial charge in [0.2, 0.25) is 0 Å². The van der Waals surface area contributed by atoms with Crippen molar-refractivity contribution < 1.29 is 8.91 Å². The minimum absolute atomic E-state index is 0. The van der Waals surface area contributed by atoms with Gasteiger partial charge in [-0.15, -0.1) is 24.0 Å². The lowest BCUT2D eigenvalue weighted by molar-refractivity contribution is 0.167. The summed E-state index contributed by atoms with van der Waals surface area (Å²) in [6, 6.07) is 9.03. The highest BCUT2D eigenvalue weighted by atomic mass is 127. The van der Waals surface area contributed by atoms with Gasteiger partial charge in [0.05, 0.1) is 5.69 Å². The summed E-state index contributed by atoms with van der Waals surface area (Å²) in [5.41, 5.74) is 1.78. The van der Waals surface area contributed by atoms with Crippen LogP contribution in [0.25, 0.3) is 0 Å². The van der Waals surface area contributed by atoms with Gasteiger partial charge >= 0.3 is 0 Å². The first-order valence-electron chi connectivity index (χ1n) is 11.8. The maximum Gasteiger partial charge on any atom is 0.194 e. The third-order valence-electron chi connectivity index (χ3n) is 6.44. The highest BCUT2D eigenvalue weighted by Gasteiger charge is 2.23. The van der Waals surface area contributed by atoms with Crippen molar-refractivity contribution in [2.45, 2.75) is 32.9 Å². The topological polar surface area (TPSA) is 60.1 Å². The Morgan fingerprint density at radius 2 is 1.79 bits per heavy atom. The Morgan fingerprint density at radius 3 is 2.45 bits per heavy atom. The van der Waals surface area contributed by atoms with Gasteiger partial charge in [-0.3, -0.25) is 14.8 Å². The fourth-order valence-corrected chi connectivity index (χ4v) is 4.50. The second-order valence-corrected chi connectivity index (χ2v) is 8.76. The van der Waals surface area contributed by atoms with Crippen molar-refractivity contribution in [2.75, 3.05) is 52.4 Å². The van der Waals surface area contributed by atoms with E-state index in [2.05, 4.69) is 32.1 Å². The molecule has 0 spiro atoms. The molecule has 9 heteroatoms. The van der Waals surface area contributed by atoms with Gasteiger partial charge in [-0.25, -0.2) is 4.39 Å². The van der Waals surface area contributed by atoms with Crippen LogP contribution in [0.2, 0.25) is 0 Å². The maximum atomic E-state index is 13.9. The van der Waals surface area contributed by atoms with E-state index in [9.17, 15) is 4.39 Å². The monoisotopic (exact) mass is 570 g/mol. The zero-order chi connectivity index (χ0) is 22.2. The number of halogens is 2. The summed E-state index contributed by atoms with van der Waals surface area (Å²) in [7, 11) is 0. The van der Waals surface area contributed by atoms with Crippen molar-refractivity contribution in [1.29, 1.82) is 0 Å². The average Bonchev–Trinajstić information content (AvgIpc) is 3.33. The number of hydrogen-bond acceptors (Lipinski definition) is 5. The first-order valence-corrected chi connectivity index (χ1v) is 11.8. The Balaban J connectivity index is 0.00000306. The molecule has 0 amide bonds. The number of piperidine rings is 1. The SMILES string of the molecule is CCNC(=NCC1CCN(Cc2ccccc2F)CC1)N1CCN(Cc2ccon2)CC1.I. The van der Waals surface area contributed by atoms with Gasteiger partial charge in [-0.05, 0) is 44.8 Å². The van der Waals surface area contributed by atoms with Crippen LogP contribution in [0.15, 0.2) is 46.1 Å². The normalized spacial score (nSPS) is 18.8. The number of nitrogens with zero attached hydrogens (tertiary/aromatic N) is 5. The van der Waals surface area contributed by atoms with E-state index in [-0.39, 0.29) is 29.8 Å². The molecule has 1 aromatic carbocycles. The molecule has 3 heterocycles. The highest BCUT2D eigenvalue weighted by Crippen LogP contribution is 2.20. The quantitative estimate of drug-likeness (QED) is 0.313. The predicted molar refractivity (Wildman–Crippen MR) is 139 cm³/mol. The number of piperazine rings is 1. The first-order chi connectivity index (χ1) is 15.7. The van der Waals surface area contributed by atoms with Crippen molar-refractivity contribution in [3.63, 3.8) is 0 Å². The molecule has 0 aliphatic carbocycles. The average molecular weight is 570 g/mol. The number of nitrogens with one attached hydrogen (secondary N) is 1. The summed E-state index contributed by atoms with van der Waals surface area (Å²) in [5.74, 6) is 1.52. The molecule has 1 aromatic heterocycles. The third-order valence-corrected chi connectivity index (χ3v) is 6.44. The lowest BCUT2D eigenvalue weighted by atomic mass is 9.96. The molecule has 2 saturated heterocycles. The van der Waals surface area contributed by atoms with E-state index in [4.69, 9.17) is 9.52 Å². The second-order valence-electron chi connectivity index (χ2n) is 8.76. The molecule has 0 radical (unpaired) electrons. The van der Waals surface area contributed by atoms with Crippen LogP contribution in [0.3, 0.4) is 0 Å². The Hall–Kier alpha value is -1.72. The van der Waals surface area contributed by atoms with Crippen molar-refractivity contribution in [3.8, 4) is 0 Å². The number of guanidine groups is 1. The van der Waals surface area contributed by atoms with E-state index in [0.29, 0.717) is 12.5 Å². The summed E-state index contributed by atoms with van der Waals surface area (Å²) in [6.07, 6.45) is 3.86. The van der Waals surface area contributed by atoms with Crippen LogP contribution in [0.4, 0.5) is 4.39 Å². The molecule has 182 valence electrons. The van der Waals surface area contributed by atoms with Crippen LogP contribution < -0.4 is 5.32 Å². The summed E-state index contributed by atoms with van der Waals surface area (Å²) in [6.45, 7) is 11.3. The summed E-state index contributed by atoms with van der Waals surface area (Å²) < 4.78 is 18.9. The predicted octanol–water partition coefficient (Wildman–Crippen LogP) is 3.43. The third kappa shape index (κ3) is 7.65. The number of aromatic nitrogens is 1. The second kappa shape index (κ2) is 13.2. The first kappa shape index (κ1) is 25.9. The summed E-state index contributed by atoms with van der Waals surface area (Å²) in [4.78, 5) is 12.1. The van der Waals surface area contributed by atoms with Crippen molar-refractivity contribution >= 4 is 29.9 Å². The van der Waals surface area contributed by atoms with Crippen molar-refractivity contribution in [3.05, 3.63) is 53.7 Å². The molecule has 0 bridgehead atoms. The molecular formula is C24H36FIN6O. The van der Waals surface area contributed by atoms with Crippen molar-refractivity contribution in [2.24, 2.45) is 10.9 Å². The van der Waals surface area contributed by atoms with Gasteiger partial charge in [0.1, 0.15) is 12.1 Å². The minimum atomic E-state index is -0.101. The molecule has 2 aliphatic heterocycles. The minimum Gasteiger partial charge on any atom is -0.364 e. The van der Waals surface area contributed by atoms with E-state index in [1.54, 1.807) is 18.4 Å². The molecule has 2 aliphatic rings. The van der Waals surface area contributed by atoms with Crippen LogP contribution in [0.1, 0.15) is 31.0 Å². The number of benzene rings is 1. The lowest BCUT2D eigenvalue weighted by Crippen LogP contribution is -2.52. The molecule has 2 aromatic rings. The van der Waals surface area contributed by atoms with E-state index in [1.165, 1.54) is 0 Å². The molecule has 1 N–H and O–H groups in total. The fourth-order valence-electron chi connectivity index (χ4n) is 4.50. The molecule has 2 fully saturated rings. The Morgan fingerprint density at radius 1 is 1.06 bits per heavy atom. The standard InChI is InChI=1S/C24H35FN6O.HI/c1-2-26-24(31-14-12-30(13-15-31)19-22-9-16-32-28-22)27-17-20-7-10-29(11-8-20)18-21-5-3-4-6-23(21)25;/h3-6,9,16,20H,2,7-8,10-15,17-19H2,1H3,(H,26,27);1H. The molecule has 33 heavy (non-hydrogen) atoms. The Kier molecular flexibility index (Phi) is 10.4. The Labute approximate surface area is 213 Å². The van der Waals surface area contributed by atoms with Crippen LogP contribution in [-0.2, 0) is 13.1 Å². The van der Waals surface area contributed by atoms with E-state index in [1.807, 2.05) is 18.2 Å². The van der Waals surface area contributed by atoms with Crippen molar-refractivity contribution in [1.82, 2.24) is 25.2 Å². The molecule has 0 saturated carbocycles.